The Morgan fingerprint density at radius 1 is 1.12 bits per heavy atom. The predicted molar refractivity (Wildman–Crippen MR) is 91.1 cm³/mol. The minimum atomic E-state index is -3.55. The maximum Gasteiger partial charge on any atom is 0.221 e. The molecule has 0 fully saturated rings. The molecule has 2 aromatic rings. The van der Waals surface area contributed by atoms with Crippen LogP contribution in [0.5, 0.6) is 0 Å². The van der Waals surface area contributed by atoms with Gasteiger partial charge in [-0.15, -0.1) is 0 Å². The molecule has 0 spiro atoms. The van der Waals surface area contributed by atoms with E-state index in [1.54, 1.807) is 19.1 Å². The average Bonchev–Trinajstić information content (AvgIpc) is 2.54. The third-order valence-corrected chi connectivity index (χ3v) is 5.50. The first kappa shape index (κ1) is 18.4. The number of carbonyl (C=O) groups excluding carboxylic acids is 1. The summed E-state index contributed by atoms with van der Waals surface area (Å²) in [5, 5.41) is 3.15. The number of sulfone groups is 1. The lowest BCUT2D eigenvalue weighted by Gasteiger charge is -2.14. The molecule has 24 heavy (non-hydrogen) atoms. The molecule has 0 saturated carbocycles. The third-order valence-electron chi connectivity index (χ3n) is 3.52. The first-order valence-corrected chi connectivity index (χ1v) is 9.34. The van der Waals surface area contributed by atoms with Crippen molar-refractivity contribution in [2.45, 2.75) is 24.3 Å². The van der Waals surface area contributed by atoms with Gasteiger partial charge in [0.25, 0.3) is 0 Å². The molecule has 1 N–H and O–H groups in total. The summed E-state index contributed by atoms with van der Waals surface area (Å²) in [5.41, 5.74) is 0.741. The van der Waals surface area contributed by atoms with Crippen molar-refractivity contribution in [3.05, 3.63) is 64.9 Å². The second-order valence-electron chi connectivity index (χ2n) is 5.36. The van der Waals surface area contributed by atoms with Crippen LogP contribution in [0, 0.1) is 5.82 Å². The number of hydrogen-bond donors (Lipinski definition) is 1. The highest BCUT2D eigenvalue weighted by molar-refractivity contribution is 7.91. The topological polar surface area (TPSA) is 63.2 Å². The van der Waals surface area contributed by atoms with Gasteiger partial charge in [-0.1, -0.05) is 23.7 Å². The van der Waals surface area contributed by atoms with Gasteiger partial charge in [-0.05, 0) is 48.9 Å². The monoisotopic (exact) mass is 369 g/mol. The SMILES string of the molecule is C[C@@H](NC(=O)CCS(=O)(=O)c1ccc(Cl)cc1)c1ccc(F)cc1. The Balaban J connectivity index is 1.92. The maximum atomic E-state index is 12.9. The van der Waals surface area contributed by atoms with E-state index in [0.29, 0.717) is 5.02 Å². The van der Waals surface area contributed by atoms with Crippen LogP contribution in [0.2, 0.25) is 5.02 Å². The van der Waals surface area contributed by atoms with Gasteiger partial charge in [0.2, 0.25) is 5.91 Å². The van der Waals surface area contributed by atoms with E-state index in [0.717, 1.165) is 5.56 Å². The minimum absolute atomic E-state index is 0.131. The Kier molecular flexibility index (Phi) is 5.96. The molecule has 128 valence electrons. The molecule has 0 aliphatic heterocycles. The quantitative estimate of drug-likeness (QED) is 0.847. The Hall–Kier alpha value is -1.92. The summed E-state index contributed by atoms with van der Waals surface area (Å²) < 4.78 is 37.2. The molecule has 0 aliphatic carbocycles. The molecule has 0 aromatic heterocycles. The lowest BCUT2D eigenvalue weighted by molar-refractivity contribution is -0.121. The van der Waals surface area contributed by atoms with Crippen LogP contribution in [0.3, 0.4) is 0 Å². The van der Waals surface area contributed by atoms with Crippen LogP contribution in [-0.4, -0.2) is 20.1 Å². The Morgan fingerprint density at radius 2 is 1.71 bits per heavy atom. The number of halogens is 2. The normalized spacial score (nSPS) is 12.6. The van der Waals surface area contributed by atoms with Gasteiger partial charge in [-0.3, -0.25) is 4.79 Å². The molecule has 0 aliphatic rings. The largest absolute Gasteiger partial charge is 0.350 e. The predicted octanol–water partition coefficient (Wildman–Crippen LogP) is 3.52. The molecule has 0 bridgehead atoms. The van der Waals surface area contributed by atoms with E-state index in [9.17, 15) is 17.6 Å². The van der Waals surface area contributed by atoms with Crippen LogP contribution >= 0.6 is 11.6 Å². The zero-order chi connectivity index (χ0) is 17.7. The van der Waals surface area contributed by atoms with Crippen LogP contribution in [0.15, 0.2) is 53.4 Å². The fourth-order valence-corrected chi connectivity index (χ4v) is 3.50. The summed E-state index contributed by atoms with van der Waals surface area (Å²) in [7, 11) is -3.55. The van der Waals surface area contributed by atoms with Crippen LogP contribution in [0.4, 0.5) is 4.39 Å². The van der Waals surface area contributed by atoms with E-state index in [4.69, 9.17) is 11.6 Å². The average molecular weight is 370 g/mol. The first-order chi connectivity index (χ1) is 11.3. The summed E-state index contributed by atoms with van der Waals surface area (Å²) in [6.45, 7) is 1.75. The molecule has 2 rings (SSSR count). The highest BCUT2D eigenvalue weighted by atomic mass is 35.5. The zero-order valence-electron chi connectivity index (χ0n) is 13.0. The van der Waals surface area contributed by atoms with Crippen LogP contribution in [0.1, 0.15) is 24.9 Å². The molecule has 0 unspecified atom stereocenters. The van der Waals surface area contributed by atoms with Crippen LogP contribution in [0.25, 0.3) is 0 Å². The number of benzene rings is 2. The molecule has 1 atom stereocenters. The Bertz CT molecular complexity index is 805. The standard InChI is InChI=1S/C17H17ClFNO3S/c1-12(13-2-6-15(19)7-3-13)20-17(21)10-11-24(22,23)16-8-4-14(18)5-9-16/h2-9,12H,10-11H2,1H3,(H,20,21)/t12-/m1/s1. The van der Waals surface area contributed by atoms with Gasteiger partial charge < -0.3 is 5.32 Å². The van der Waals surface area contributed by atoms with Gasteiger partial charge in [0, 0.05) is 11.4 Å². The van der Waals surface area contributed by atoms with Crippen LogP contribution in [-0.2, 0) is 14.6 Å². The molecule has 0 radical (unpaired) electrons. The number of hydrogen-bond acceptors (Lipinski definition) is 3. The highest BCUT2D eigenvalue weighted by Crippen LogP contribution is 2.17. The lowest BCUT2D eigenvalue weighted by Crippen LogP contribution is -2.28. The Labute approximate surface area is 145 Å². The molecule has 0 heterocycles. The fourth-order valence-electron chi connectivity index (χ4n) is 2.14. The molecule has 1 amide bonds. The highest BCUT2D eigenvalue weighted by Gasteiger charge is 2.17. The maximum absolute atomic E-state index is 12.9. The Morgan fingerprint density at radius 3 is 2.29 bits per heavy atom. The molecule has 0 saturated heterocycles. The van der Waals surface area contributed by atoms with Crippen molar-refractivity contribution in [1.82, 2.24) is 5.32 Å². The van der Waals surface area contributed by atoms with E-state index in [1.807, 2.05) is 0 Å². The smallest absolute Gasteiger partial charge is 0.221 e. The van der Waals surface area contributed by atoms with Crippen LogP contribution < -0.4 is 5.32 Å². The van der Waals surface area contributed by atoms with E-state index in [2.05, 4.69) is 5.32 Å². The van der Waals surface area contributed by atoms with Crippen molar-refractivity contribution >= 4 is 27.3 Å². The molecular formula is C17H17ClFNO3S. The summed E-state index contributed by atoms with van der Waals surface area (Å²) in [4.78, 5) is 12.1. The molecular weight excluding hydrogens is 353 g/mol. The third kappa shape index (κ3) is 5.04. The van der Waals surface area contributed by atoms with Gasteiger partial charge >= 0.3 is 0 Å². The van der Waals surface area contributed by atoms with Gasteiger partial charge in [-0.25, -0.2) is 12.8 Å². The van der Waals surface area contributed by atoms with Crippen molar-refractivity contribution in [3.8, 4) is 0 Å². The van der Waals surface area contributed by atoms with Gasteiger partial charge in [-0.2, -0.15) is 0 Å². The van der Waals surface area contributed by atoms with Crippen molar-refractivity contribution in [2.24, 2.45) is 0 Å². The van der Waals surface area contributed by atoms with Gasteiger partial charge in [0.1, 0.15) is 5.82 Å². The summed E-state index contributed by atoms with van der Waals surface area (Å²) in [6.07, 6.45) is -0.156. The zero-order valence-corrected chi connectivity index (χ0v) is 14.6. The number of amides is 1. The first-order valence-electron chi connectivity index (χ1n) is 7.31. The lowest BCUT2D eigenvalue weighted by atomic mass is 10.1. The van der Waals surface area contributed by atoms with E-state index in [1.165, 1.54) is 36.4 Å². The van der Waals surface area contributed by atoms with E-state index >= 15 is 0 Å². The fraction of sp³-hybridized carbons (Fsp3) is 0.235. The summed E-state index contributed by atoms with van der Waals surface area (Å²) >= 11 is 5.73. The number of nitrogens with one attached hydrogen (secondary N) is 1. The minimum Gasteiger partial charge on any atom is -0.350 e. The van der Waals surface area contributed by atoms with E-state index < -0.39 is 9.84 Å². The molecule has 2 aromatic carbocycles. The summed E-state index contributed by atoms with van der Waals surface area (Å²) in [5.74, 6) is -1.04. The van der Waals surface area contributed by atoms with Crippen molar-refractivity contribution in [1.29, 1.82) is 0 Å². The van der Waals surface area contributed by atoms with Crippen molar-refractivity contribution in [2.75, 3.05) is 5.75 Å². The number of carbonyl (C=O) groups is 1. The van der Waals surface area contributed by atoms with Crippen molar-refractivity contribution in [3.63, 3.8) is 0 Å². The van der Waals surface area contributed by atoms with E-state index in [-0.39, 0.29) is 34.8 Å². The van der Waals surface area contributed by atoms with Crippen molar-refractivity contribution < 1.29 is 17.6 Å². The number of rotatable bonds is 6. The van der Waals surface area contributed by atoms with Gasteiger partial charge in [0.05, 0.1) is 16.7 Å². The van der Waals surface area contributed by atoms with Gasteiger partial charge in [0.15, 0.2) is 9.84 Å². The summed E-state index contributed by atoms with van der Waals surface area (Å²) in [6, 6.07) is 11.2. The second-order valence-corrected chi connectivity index (χ2v) is 7.91. The second kappa shape index (κ2) is 7.77. The molecule has 7 heteroatoms. The molecule has 4 nitrogen and oxygen atoms in total.